The minimum Gasteiger partial charge on any atom is -0.490 e. The molecule has 1 saturated carbocycles. The van der Waals surface area contributed by atoms with Crippen molar-refractivity contribution in [3.63, 3.8) is 0 Å². The summed E-state index contributed by atoms with van der Waals surface area (Å²) in [6, 6.07) is 4.45. The zero-order valence-electron chi connectivity index (χ0n) is 20.6. The van der Waals surface area contributed by atoms with Crippen molar-refractivity contribution in [2.45, 2.75) is 69.1 Å². The smallest absolute Gasteiger partial charge is 0.324 e. The van der Waals surface area contributed by atoms with Gasteiger partial charge in [-0.25, -0.2) is 17.2 Å². The summed E-state index contributed by atoms with van der Waals surface area (Å²) in [5.41, 5.74) is -1.67. The van der Waals surface area contributed by atoms with Gasteiger partial charge in [0.2, 0.25) is 5.82 Å². The molecule has 0 radical (unpaired) electrons. The van der Waals surface area contributed by atoms with Crippen LogP contribution in [0.4, 0.5) is 14.8 Å². The molecule has 2 aromatic rings. The van der Waals surface area contributed by atoms with Crippen molar-refractivity contribution in [2.24, 2.45) is 11.8 Å². The van der Waals surface area contributed by atoms with E-state index in [0.29, 0.717) is 25.1 Å². The fourth-order valence-corrected chi connectivity index (χ4v) is 5.78. The molecule has 0 spiro atoms. The van der Waals surface area contributed by atoms with Crippen LogP contribution in [-0.4, -0.2) is 56.6 Å². The molecule has 1 aliphatic carbocycles. The third-order valence-electron chi connectivity index (χ3n) is 7.06. The zero-order chi connectivity index (χ0) is 25.4. The molecule has 2 heterocycles. The van der Waals surface area contributed by atoms with Gasteiger partial charge in [0.1, 0.15) is 0 Å². The molecule has 2 aliphatic rings. The maximum atomic E-state index is 14.3. The molecule has 0 bridgehead atoms. The van der Waals surface area contributed by atoms with Crippen LogP contribution < -0.4 is 15.0 Å². The van der Waals surface area contributed by atoms with Crippen molar-refractivity contribution in [1.29, 1.82) is 0 Å². The zero-order valence-corrected chi connectivity index (χ0v) is 21.4. The number of benzene rings is 1. The molecular formula is C24H34F2N4O4S. The first-order chi connectivity index (χ1) is 16.4. The van der Waals surface area contributed by atoms with Crippen LogP contribution in [-0.2, 0) is 15.5 Å². The van der Waals surface area contributed by atoms with Crippen molar-refractivity contribution in [3.05, 3.63) is 29.8 Å². The summed E-state index contributed by atoms with van der Waals surface area (Å²) >= 11 is 0. The van der Waals surface area contributed by atoms with E-state index in [1.807, 2.05) is 0 Å². The third-order valence-corrected chi connectivity index (χ3v) is 8.17. The number of anilines is 1. The Hall–Kier alpha value is -2.27. The molecule has 1 aliphatic heterocycles. The molecule has 194 valence electrons. The number of ether oxygens (including phenoxy) is 1. The number of aromatic nitrogens is 2. The van der Waals surface area contributed by atoms with E-state index in [9.17, 15) is 17.2 Å². The Kier molecular flexibility index (Phi) is 7.38. The van der Waals surface area contributed by atoms with Crippen LogP contribution in [0, 0.1) is 17.7 Å². The van der Waals surface area contributed by atoms with Gasteiger partial charge in [-0.15, -0.1) is 0 Å². The second kappa shape index (κ2) is 10.0. The molecule has 0 amide bonds. The number of hydrogen-bond donors (Lipinski definition) is 1. The Morgan fingerprint density at radius 2 is 1.97 bits per heavy atom. The minimum atomic E-state index is -3.47. The van der Waals surface area contributed by atoms with E-state index in [2.05, 4.69) is 27.3 Å². The van der Waals surface area contributed by atoms with E-state index in [-0.39, 0.29) is 34.5 Å². The lowest BCUT2D eigenvalue weighted by Crippen LogP contribution is -2.60. The molecule has 2 atom stereocenters. The Morgan fingerprint density at radius 3 is 2.57 bits per heavy atom. The number of nitrogens with zero attached hydrogens (tertiary/aromatic N) is 3. The predicted octanol–water partition coefficient (Wildman–Crippen LogP) is 3.87. The van der Waals surface area contributed by atoms with E-state index in [4.69, 9.17) is 9.26 Å². The molecular weight excluding hydrogens is 478 g/mol. The van der Waals surface area contributed by atoms with Crippen molar-refractivity contribution in [1.82, 2.24) is 15.5 Å². The number of rotatable bonds is 7. The van der Waals surface area contributed by atoms with Crippen molar-refractivity contribution in [3.8, 4) is 5.75 Å². The van der Waals surface area contributed by atoms with Crippen LogP contribution in [0.3, 0.4) is 0 Å². The molecule has 35 heavy (non-hydrogen) atoms. The first kappa shape index (κ1) is 25.8. The van der Waals surface area contributed by atoms with Gasteiger partial charge >= 0.3 is 6.01 Å². The predicted molar refractivity (Wildman–Crippen MR) is 127 cm³/mol. The highest BCUT2D eigenvalue weighted by Crippen LogP contribution is 2.37. The number of hydrogen-bond acceptors (Lipinski definition) is 8. The van der Waals surface area contributed by atoms with Crippen molar-refractivity contribution >= 4 is 15.9 Å². The summed E-state index contributed by atoms with van der Waals surface area (Å²) < 4.78 is 63.0. The van der Waals surface area contributed by atoms with Crippen LogP contribution in [0.2, 0.25) is 0 Å². The fraction of sp³-hybridized carbons (Fsp3) is 0.667. The average Bonchev–Trinajstić information content (AvgIpc) is 3.29. The van der Waals surface area contributed by atoms with Gasteiger partial charge in [-0.05, 0) is 76.5 Å². The van der Waals surface area contributed by atoms with Gasteiger partial charge in [0, 0.05) is 25.4 Å². The van der Waals surface area contributed by atoms with Gasteiger partial charge in [0.25, 0.3) is 0 Å². The lowest BCUT2D eigenvalue weighted by molar-refractivity contribution is 0.150. The lowest BCUT2D eigenvalue weighted by Gasteiger charge is -2.45. The highest BCUT2D eigenvalue weighted by atomic mass is 32.2. The second-order valence-corrected chi connectivity index (χ2v) is 12.3. The Morgan fingerprint density at radius 1 is 1.26 bits per heavy atom. The number of alkyl halides is 1. The van der Waals surface area contributed by atoms with E-state index < -0.39 is 21.3 Å². The molecule has 2 fully saturated rings. The Labute approximate surface area is 205 Å². The van der Waals surface area contributed by atoms with Crippen LogP contribution in [0.25, 0.3) is 0 Å². The maximum Gasteiger partial charge on any atom is 0.324 e. The summed E-state index contributed by atoms with van der Waals surface area (Å²) in [4.78, 5) is 6.40. The highest BCUT2D eigenvalue weighted by Gasteiger charge is 2.40. The average molecular weight is 513 g/mol. The molecule has 11 heteroatoms. The van der Waals surface area contributed by atoms with E-state index >= 15 is 0 Å². The number of piperazine rings is 1. The topological polar surface area (TPSA) is 97.6 Å². The second-order valence-electron chi connectivity index (χ2n) is 10.3. The van der Waals surface area contributed by atoms with Gasteiger partial charge in [-0.3, -0.25) is 0 Å². The summed E-state index contributed by atoms with van der Waals surface area (Å²) in [6.07, 6.45) is 4.83. The number of nitrogens with one attached hydrogen (secondary N) is 1. The number of halogens is 2. The lowest BCUT2D eigenvalue weighted by atomic mass is 9.76. The molecule has 2 unspecified atom stereocenters. The van der Waals surface area contributed by atoms with Crippen LogP contribution in [0.1, 0.15) is 52.3 Å². The SMILES string of the molecule is CC1NCCN(c2nc(C(C)(C)F)no2)C1C1CCC(COc2ccc(S(C)(=O)=O)cc2F)CC1. The summed E-state index contributed by atoms with van der Waals surface area (Å²) in [5.74, 6) is 0.111. The van der Waals surface area contributed by atoms with E-state index in [1.54, 1.807) is 0 Å². The molecule has 8 nitrogen and oxygen atoms in total. The maximum absolute atomic E-state index is 14.3. The van der Waals surface area contributed by atoms with E-state index in [1.165, 1.54) is 26.0 Å². The summed E-state index contributed by atoms with van der Waals surface area (Å²) in [5, 5.41) is 7.39. The summed E-state index contributed by atoms with van der Waals surface area (Å²) in [7, 11) is -3.47. The van der Waals surface area contributed by atoms with Crippen LogP contribution >= 0.6 is 0 Å². The normalized spacial score (nSPS) is 26.1. The van der Waals surface area contributed by atoms with Crippen LogP contribution in [0.15, 0.2) is 27.6 Å². The quantitative estimate of drug-likeness (QED) is 0.597. The molecule has 1 aromatic heterocycles. The Bertz CT molecular complexity index is 1130. The fourth-order valence-electron chi connectivity index (χ4n) is 5.15. The molecule has 1 aromatic carbocycles. The Balaban J connectivity index is 1.36. The van der Waals surface area contributed by atoms with Gasteiger partial charge in [0.05, 0.1) is 17.5 Å². The van der Waals surface area contributed by atoms with E-state index in [0.717, 1.165) is 44.6 Å². The van der Waals surface area contributed by atoms with Crippen molar-refractivity contribution in [2.75, 3.05) is 30.9 Å². The first-order valence-electron chi connectivity index (χ1n) is 12.1. The molecule has 1 N–H and O–H groups in total. The largest absolute Gasteiger partial charge is 0.490 e. The molecule has 1 saturated heterocycles. The van der Waals surface area contributed by atoms with Crippen molar-refractivity contribution < 1.29 is 26.5 Å². The third kappa shape index (κ3) is 5.94. The van der Waals surface area contributed by atoms with Gasteiger partial charge in [-0.2, -0.15) is 4.98 Å². The molecule has 4 rings (SSSR count). The summed E-state index contributed by atoms with van der Waals surface area (Å²) in [6.45, 7) is 6.83. The standard InChI is InChI=1S/C24H34F2N4O4S/c1-15-21(30(12-11-27-15)23-28-22(29-34-23)24(2,3)26)17-7-5-16(6-8-17)14-33-20-10-9-18(13-19(20)25)35(4,31)32/h9-10,13,15-17,21,27H,5-8,11-12,14H2,1-4H3. The first-order valence-corrected chi connectivity index (χ1v) is 14.0. The number of sulfone groups is 1. The van der Waals surface area contributed by atoms with Crippen LogP contribution in [0.5, 0.6) is 5.75 Å². The van der Waals surface area contributed by atoms with Gasteiger partial charge in [0.15, 0.2) is 27.1 Å². The highest BCUT2D eigenvalue weighted by molar-refractivity contribution is 7.90. The minimum absolute atomic E-state index is 0.0510. The van der Waals surface area contributed by atoms with Gasteiger partial charge < -0.3 is 19.5 Å². The monoisotopic (exact) mass is 512 g/mol. The van der Waals surface area contributed by atoms with Gasteiger partial charge in [-0.1, -0.05) is 5.16 Å².